The van der Waals surface area contributed by atoms with Crippen molar-refractivity contribution in [2.75, 3.05) is 75.4 Å². The van der Waals surface area contributed by atoms with Crippen molar-refractivity contribution in [3.8, 4) is 17.3 Å². The number of benzene rings is 3. The second kappa shape index (κ2) is 21.7. The molecule has 5 aromatic rings. The number of pyridine rings is 1. The van der Waals surface area contributed by atoms with Gasteiger partial charge in [0.15, 0.2) is 17.5 Å². The van der Waals surface area contributed by atoms with Crippen molar-refractivity contribution < 1.29 is 50.2 Å². The second-order valence-corrected chi connectivity index (χ2v) is 20.4. The number of hydrogen-bond acceptors (Lipinski definition) is 12. The van der Waals surface area contributed by atoms with Crippen LogP contribution in [0.15, 0.2) is 55.1 Å². The van der Waals surface area contributed by atoms with E-state index in [-0.39, 0.29) is 94.1 Å². The van der Waals surface area contributed by atoms with Gasteiger partial charge in [-0.25, -0.2) is 22.5 Å². The van der Waals surface area contributed by atoms with Crippen LogP contribution in [-0.4, -0.2) is 130 Å². The lowest BCUT2D eigenvalue weighted by Crippen LogP contribution is -2.72. The zero-order valence-corrected chi connectivity index (χ0v) is 42.9. The fourth-order valence-corrected chi connectivity index (χ4v) is 10.6. The number of anilines is 4. The highest BCUT2D eigenvalue weighted by molar-refractivity contribution is 14.1. The summed E-state index contributed by atoms with van der Waals surface area (Å²) in [4.78, 5) is 45.1. The van der Waals surface area contributed by atoms with Crippen molar-refractivity contribution in [3.63, 3.8) is 0 Å². The van der Waals surface area contributed by atoms with Gasteiger partial charge in [-0.2, -0.15) is 23.1 Å². The summed E-state index contributed by atoms with van der Waals surface area (Å²) < 4.78 is 108. The lowest BCUT2D eigenvalue weighted by atomic mass is 9.81. The zero-order chi connectivity index (χ0) is 52.7. The summed E-state index contributed by atoms with van der Waals surface area (Å²) in [6.45, 7) is 9.85. The van der Waals surface area contributed by atoms with Gasteiger partial charge in [0.2, 0.25) is 5.91 Å². The Morgan fingerprint density at radius 1 is 1.00 bits per heavy atom. The van der Waals surface area contributed by atoms with Crippen LogP contribution in [0.2, 0.25) is 5.02 Å². The number of aromatic nitrogens is 3. The van der Waals surface area contributed by atoms with E-state index in [9.17, 15) is 41.0 Å². The first-order valence-electron chi connectivity index (χ1n) is 23.6. The third kappa shape index (κ3) is 11.3. The smallest absolute Gasteiger partial charge is 0.418 e. The molecular weight excluding hydrogens is 1100 g/mol. The number of hydrogen-bond donors (Lipinski definition) is 4. The highest BCUT2D eigenvalue weighted by atomic mass is 127. The first-order valence-corrected chi connectivity index (χ1v) is 25.0. The molecule has 9 rings (SSSR count). The van der Waals surface area contributed by atoms with E-state index in [0.717, 1.165) is 57.3 Å². The number of ether oxygens (including phenoxy) is 1. The molecule has 3 aromatic carbocycles. The largest absolute Gasteiger partial charge is 0.462 e. The molecule has 0 bridgehead atoms. The molecule has 2 unspecified atom stereocenters. The molecule has 73 heavy (non-hydrogen) atoms. The van der Waals surface area contributed by atoms with Crippen LogP contribution in [0.5, 0.6) is 6.01 Å². The standard InChI is InChI=1S/C29H32ClF4N7O2.C21H21F3IN3O2/c1-5-21(42)40-9-10-41(16(3)13-40)27-18-12-19(30)22(26-23(29(32,33)34)15(2)11-20(35)36-26)24(31)25(18)37-28(38-27)43-14-17-7-6-8-39(17)4;22-14-6-5-13(19(18(14)24)27-16-7-4-12(25)9-15(16)23)20(29)28-10-21(30,11-28)17-3-1-2-8-26-17/h5,11-12,16-17H,1,6-10,13-14H2,2-4H3,(H2,35,36);4-7,9,17,26-27,30H,1-3,8,10-11H2/t;17-/m.0/s1. The molecule has 4 fully saturated rings. The molecule has 4 saturated heterocycles. The number of piperidine rings is 1. The number of amides is 2. The van der Waals surface area contributed by atoms with Crippen LogP contribution in [0.4, 0.5) is 53.7 Å². The number of halogens is 9. The maximum atomic E-state index is 16.5. The Morgan fingerprint density at radius 3 is 2.40 bits per heavy atom. The summed E-state index contributed by atoms with van der Waals surface area (Å²) in [5.41, 5.74) is 1.21. The van der Waals surface area contributed by atoms with Gasteiger partial charge in [-0.3, -0.25) is 9.59 Å². The Bertz CT molecular complexity index is 2940. The molecule has 0 spiro atoms. The Balaban J connectivity index is 0.000000207. The molecule has 0 aliphatic carbocycles. The van der Waals surface area contributed by atoms with Crippen LogP contribution in [-0.2, 0) is 11.0 Å². The van der Waals surface area contributed by atoms with Crippen LogP contribution in [0.3, 0.4) is 0 Å². The summed E-state index contributed by atoms with van der Waals surface area (Å²) in [6.07, 6.45) is 1.17. The highest BCUT2D eigenvalue weighted by Crippen LogP contribution is 2.45. The van der Waals surface area contributed by atoms with Crippen molar-refractivity contribution in [1.82, 2.24) is 35.0 Å². The molecular formula is C50H53ClF7IN10O4. The number of likely N-dealkylation sites (tertiary alicyclic amines) is 2. The molecule has 5 N–H and O–H groups in total. The third-order valence-electron chi connectivity index (χ3n) is 13.8. The normalized spacial score (nSPS) is 20.1. The lowest BCUT2D eigenvalue weighted by molar-refractivity contribution is -0.137. The van der Waals surface area contributed by atoms with Crippen LogP contribution in [0.25, 0.3) is 22.2 Å². The average Bonchev–Trinajstić information content (AvgIpc) is 3.75. The Kier molecular flexibility index (Phi) is 16.0. The molecule has 0 saturated carbocycles. The minimum absolute atomic E-state index is 0.0690. The number of alkyl halides is 3. The number of nitrogen functional groups attached to an aromatic ring is 1. The van der Waals surface area contributed by atoms with Gasteiger partial charge in [-0.05, 0) is 136 Å². The number of aryl methyl sites for hydroxylation is 1. The number of rotatable bonds is 10. The quantitative estimate of drug-likeness (QED) is 0.0598. The number of aliphatic hydroxyl groups is 1. The maximum absolute atomic E-state index is 16.5. The van der Waals surface area contributed by atoms with Crippen molar-refractivity contribution in [3.05, 3.63) is 104 Å². The Hall–Kier alpha value is -5.56. The number of carbonyl (C=O) groups excluding carboxylic acids is 2. The fourth-order valence-electron chi connectivity index (χ4n) is 9.90. The van der Waals surface area contributed by atoms with Gasteiger partial charge in [0, 0.05) is 46.7 Å². The molecule has 390 valence electrons. The molecule has 23 heteroatoms. The summed E-state index contributed by atoms with van der Waals surface area (Å²) in [5, 5.41) is 16.5. The molecule has 3 atom stereocenters. The number of β-amino-alcohol motifs (C(OH)–C–C–N with tert-alkyl or cyclic N) is 1. The maximum Gasteiger partial charge on any atom is 0.418 e. The Morgan fingerprint density at radius 2 is 1.75 bits per heavy atom. The first kappa shape index (κ1) is 53.7. The van der Waals surface area contributed by atoms with E-state index in [1.165, 1.54) is 42.2 Å². The van der Waals surface area contributed by atoms with Crippen LogP contribution < -0.4 is 26.0 Å². The number of nitrogens with zero attached hydrogens (tertiary/aromatic N) is 7. The highest BCUT2D eigenvalue weighted by Gasteiger charge is 2.50. The number of nitrogens with one attached hydrogen (secondary N) is 2. The van der Waals surface area contributed by atoms with Gasteiger partial charge in [0.05, 0.1) is 51.9 Å². The van der Waals surface area contributed by atoms with Crippen molar-refractivity contribution in [2.24, 2.45) is 0 Å². The van der Waals surface area contributed by atoms with E-state index in [1.807, 2.05) is 41.5 Å². The fraction of sp³-hybridized carbons (Fsp3) is 0.420. The number of piperazine rings is 1. The predicted octanol–water partition coefficient (Wildman–Crippen LogP) is 8.87. The van der Waals surface area contributed by atoms with Gasteiger partial charge in [0.1, 0.15) is 35.2 Å². The Labute approximate surface area is 435 Å². The first-order chi connectivity index (χ1) is 34.6. The minimum atomic E-state index is -4.86. The van der Waals surface area contributed by atoms with E-state index in [1.54, 1.807) is 11.0 Å². The average molecular weight is 1150 g/mol. The molecule has 6 heterocycles. The number of nitrogens with two attached hydrogens (primary N) is 1. The number of fused-ring (bicyclic) bond motifs is 1. The number of likely N-dealkylation sites (N-methyl/N-ethyl adjacent to an activating group) is 1. The third-order valence-corrected chi connectivity index (χ3v) is 14.7. The SMILES string of the molecule is C=CC(=O)N1CCN(c2nc(OCC3CCCN3C)nc3c(F)c(-c4nc(N)cc(C)c4C(F)(F)F)c(Cl)cc23)C(C)C1.O=C(c1ccc(F)c(F)c1Nc1ccc(I)cc1F)N1CC(O)([C@@H]2CCCCN2)C1. The van der Waals surface area contributed by atoms with E-state index < -0.39 is 63.5 Å². The van der Waals surface area contributed by atoms with Gasteiger partial charge in [-0.1, -0.05) is 24.6 Å². The van der Waals surface area contributed by atoms with Crippen LogP contribution >= 0.6 is 34.2 Å². The minimum Gasteiger partial charge on any atom is -0.462 e. The van der Waals surface area contributed by atoms with Crippen molar-refractivity contribution in [2.45, 2.75) is 75.9 Å². The van der Waals surface area contributed by atoms with Crippen LogP contribution in [0.1, 0.15) is 60.5 Å². The molecule has 2 amide bonds. The monoisotopic (exact) mass is 1150 g/mol. The van der Waals surface area contributed by atoms with Gasteiger partial charge in [-0.15, -0.1) is 0 Å². The summed E-state index contributed by atoms with van der Waals surface area (Å²) >= 11 is 8.47. The molecule has 4 aliphatic rings. The van der Waals surface area contributed by atoms with Crippen molar-refractivity contribution >= 4 is 79.9 Å². The summed E-state index contributed by atoms with van der Waals surface area (Å²) in [6, 6.07) is 8.32. The summed E-state index contributed by atoms with van der Waals surface area (Å²) in [7, 11) is 1.98. The van der Waals surface area contributed by atoms with Gasteiger partial charge in [0.25, 0.3) is 5.91 Å². The number of carbonyl (C=O) groups is 2. The van der Waals surface area contributed by atoms with E-state index >= 15 is 4.39 Å². The van der Waals surface area contributed by atoms with Crippen LogP contribution in [0, 0.1) is 33.8 Å². The lowest BCUT2D eigenvalue weighted by Gasteiger charge is -2.51. The van der Waals surface area contributed by atoms with E-state index in [0.29, 0.717) is 23.2 Å². The van der Waals surface area contributed by atoms with E-state index in [2.05, 4.69) is 37.1 Å². The van der Waals surface area contributed by atoms with Gasteiger partial charge >= 0.3 is 12.2 Å². The molecule has 14 nitrogen and oxygen atoms in total. The molecule has 2 aromatic heterocycles. The molecule has 4 aliphatic heterocycles. The van der Waals surface area contributed by atoms with E-state index in [4.69, 9.17) is 22.1 Å². The van der Waals surface area contributed by atoms with Crippen molar-refractivity contribution in [1.29, 1.82) is 0 Å². The second-order valence-electron chi connectivity index (χ2n) is 18.8. The van der Waals surface area contributed by atoms with Gasteiger partial charge < -0.3 is 45.8 Å². The topological polar surface area (TPSA) is 165 Å². The zero-order valence-electron chi connectivity index (χ0n) is 40.0. The summed E-state index contributed by atoms with van der Waals surface area (Å²) in [5.74, 6) is -4.86. The predicted molar refractivity (Wildman–Crippen MR) is 272 cm³/mol. The molecule has 0 radical (unpaired) electrons.